The van der Waals surface area contributed by atoms with Gasteiger partial charge in [0.05, 0.1) is 0 Å². The second-order valence-corrected chi connectivity index (χ2v) is 13.5. The second kappa shape index (κ2) is 10.9. The molecule has 0 spiro atoms. The molecular formula is C44H39N. The molecule has 0 amide bonds. The second-order valence-electron chi connectivity index (χ2n) is 13.5. The van der Waals surface area contributed by atoms with E-state index in [0.717, 1.165) is 11.4 Å². The smallest absolute Gasteiger partial charge is 0.0387 e. The van der Waals surface area contributed by atoms with Crippen molar-refractivity contribution in [1.82, 2.24) is 0 Å². The van der Waals surface area contributed by atoms with Gasteiger partial charge in [-0.3, -0.25) is 0 Å². The Balaban J connectivity index is 1.09. The lowest BCUT2D eigenvalue weighted by atomic mass is 9.76. The topological polar surface area (TPSA) is 12.0 Å². The minimum atomic E-state index is -0.0973. The van der Waals surface area contributed by atoms with Crippen molar-refractivity contribution in [1.29, 1.82) is 0 Å². The number of anilines is 2. The maximum Gasteiger partial charge on any atom is 0.0387 e. The number of fused-ring (bicyclic) bond motifs is 3. The molecule has 0 heterocycles. The Morgan fingerprint density at radius 2 is 1.11 bits per heavy atom. The van der Waals surface area contributed by atoms with Crippen LogP contribution in [0.3, 0.4) is 0 Å². The van der Waals surface area contributed by atoms with Crippen molar-refractivity contribution in [2.45, 2.75) is 51.4 Å². The lowest BCUT2D eigenvalue weighted by molar-refractivity contribution is 0.420. The Morgan fingerprint density at radius 1 is 0.511 bits per heavy atom. The number of hydrogen-bond acceptors (Lipinski definition) is 1. The largest absolute Gasteiger partial charge is 0.356 e. The zero-order chi connectivity index (χ0) is 30.5. The fraction of sp³-hybridized carbons (Fsp3) is 0.182. The van der Waals surface area contributed by atoms with Gasteiger partial charge in [0.15, 0.2) is 0 Å². The Morgan fingerprint density at radius 3 is 1.87 bits per heavy atom. The van der Waals surface area contributed by atoms with Crippen LogP contribution in [-0.4, -0.2) is 0 Å². The quantitative estimate of drug-likeness (QED) is 0.206. The zero-order valence-electron chi connectivity index (χ0n) is 26.4. The van der Waals surface area contributed by atoms with Crippen molar-refractivity contribution < 1.29 is 0 Å². The Bertz CT molecular complexity index is 2030. The fourth-order valence-electron chi connectivity index (χ4n) is 7.45. The summed E-state index contributed by atoms with van der Waals surface area (Å²) in [5.41, 5.74) is 18.3. The molecule has 0 bridgehead atoms. The van der Waals surface area contributed by atoms with Crippen molar-refractivity contribution >= 4 is 11.4 Å². The molecule has 45 heavy (non-hydrogen) atoms. The van der Waals surface area contributed by atoms with Crippen LogP contribution in [0.5, 0.6) is 0 Å². The number of rotatable bonds is 6. The highest BCUT2D eigenvalue weighted by molar-refractivity contribution is 5.86. The first-order chi connectivity index (χ1) is 22.0. The zero-order valence-corrected chi connectivity index (χ0v) is 26.4. The minimum absolute atomic E-state index is 0.0973. The van der Waals surface area contributed by atoms with Crippen LogP contribution in [0.2, 0.25) is 0 Å². The first-order valence-electron chi connectivity index (χ1n) is 16.4. The molecule has 1 saturated carbocycles. The molecule has 8 rings (SSSR count). The molecular weight excluding hydrogens is 542 g/mol. The van der Waals surface area contributed by atoms with Gasteiger partial charge in [-0.15, -0.1) is 0 Å². The fourth-order valence-corrected chi connectivity index (χ4v) is 7.45. The van der Waals surface area contributed by atoms with Crippen molar-refractivity contribution in [2.24, 2.45) is 0 Å². The monoisotopic (exact) mass is 581 g/mol. The van der Waals surface area contributed by atoms with E-state index in [0.29, 0.717) is 5.92 Å². The van der Waals surface area contributed by atoms with Gasteiger partial charge in [-0.2, -0.15) is 0 Å². The summed E-state index contributed by atoms with van der Waals surface area (Å²) in [6.07, 6.45) is 3.98. The molecule has 0 saturated heterocycles. The molecule has 1 nitrogen and oxygen atoms in total. The Kier molecular flexibility index (Phi) is 6.72. The van der Waals surface area contributed by atoms with E-state index < -0.39 is 0 Å². The van der Waals surface area contributed by atoms with Gasteiger partial charge in [-0.05, 0) is 129 Å². The lowest BCUT2D eigenvalue weighted by Gasteiger charge is -2.28. The van der Waals surface area contributed by atoms with Gasteiger partial charge in [-0.1, -0.05) is 117 Å². The third-order valence-corrected chi connectivity index (χ3v) is 10.3. The van der Waals surface area contributed by atoms with Gasteiger partial charge in [-0.25, -0.2) is 0 Å². The summed E-state index contributed by atoms with van der Waals surface area (Å²) in [5, 5.41) is 3.66. The van der Waals surface area contributed by atoms with Gasteiger partial charge in [0, 0.05) is 16.8 Å². The highest BCUT2D eigenvalue weighted by atomic mass is 14.9. The normalized spacial score (nSPS) is 14.8. The van der Waals surface area contributed by atoms with Crippen LogP contribution in [0.1, 0.15) is 61.3 Å². The maximum absolute atomic E-state index is 3.66. The molecule has 6 aromatic rings. The summed E-state index contributed by atoms with van der Waals surface area (Å²) < 4.78 is 0. The van der Waals surface area contributed by atoms with Gasteiger partial charge >= 0.3 is 0 Å². The summed E-state index contributed by atoms with van der Waals surface area (Å²) in [4.78, 5) is 0. The van der Waals surface area contributed by atoms with Crippen molar-refractivity contribution in [3.8, 4) is 44.5 Å². The van der Waals surface area contributed by atoms with Gasteiger partial charge in [0.25, 0.3) is 0 Å². The van der Waals surface area contributed by atoms with Crippen LogP contribution in [0, 0.1) is 6.92 Å². The molecule has 1 N–H and O–H groups in total. The Hall–Kier alpha value is -4.88. The molecule has 1 fully saturated rings. The molecule has 0 radical (unpaired) electrons. The highest BCUT2D eigenvalue weighted by Crippen LogP contribution is 2.51. The van der Waals surface area contributed by atoms with Gasteiger partial charge in [0.1, 0.15) is 0 Å². The van der Waals surface area contributed by atoms with Crippen LogP contribution < -0.4 is 5.32 Å². The predicted octanol–water partition coefficient (Wildman–Crippen LogP) is 12.3. The van der Waals surface area contributed by atoms with Crippen molar-refractivity contribution in [3.63, 3.8) is 0 Å². The van der Waals surface area contributed by atoms with E-state index in [4.69, 9.17) is 0 Å². The van der Waals surface area contributed by atoms with Gasteiger partial charge in [0.2, 0.25) is 0 Å². The molecule has 220 valence electrons. The van der Waals surface area contributed by atoms with E-state index in [1.807, 2.05) is 0 Å². The first kappa shape index (κ1) is 27.7. The summed E-state index contributed by atoms with van der Waals surface area (Å²) in [5.74, 6) is 0.705. The standard InChI is InChI=1S/C44H39N/c1-29-16-17-33(26-41(29)38-15-8-7-14-37(38)32-12-9-13-32)34-20-24-39-40-25-23-36(28-43(40)44(2,3)42(39)27-34)45-35-21-18-31(19-22-35)30-10-5-4-6-11-30/h4-8,10-11,14-28,32,45H,9,12-13H2,1-3H3. The molecule has 0 aliphatic heterocycles. The third kappa shape index (κ3) is 4.88. The van der Waals surface area contributed by atoms with Gasteiger partial charge < -0.3 is 5.32 Å². The van der Waals surface area contributed by atoms with E-state index in [2.05, 4.69) is 160 Å². The average molecular weight is 582 g/mol. The van der Waals surface area contributed by atoms with E-state index in [-0.39, 0.29) is 5.41 Å². The number of hydrogen-bond donors (Lipinski definition) is 1. The van der Waals surface area contributed by atoms with E-state index in [9.17, 15) is 0 Å². The van der Waals surface area contributed by atoms with Crippen LogP contribution in [0.15, 0.2) is 133 Å². The molecule has 6 aromatic carbocycles. The predicted molar refractivity (Wildman–Crippen MR) is 191 cm³/mol. The van der Waals surface area contributed by atoms with Crippen LogP contribution in [-0.2, 0) is 5.41 Å². The van der Waals surface area contributed by atoms with E-state index >= 15 is 0 Å². The Labute approximate surface area is 267 Å². The van der Waals surface area contributed by atoms with Crippen LogP contribution in [0.25, 0.3) is 44.5 Å². The maximum atomic E-state index is 3.66. The van der Waals surface area contributed by atoms with Crippen LogP contribution >= 0.6 is 0 Å². The first-order valence-corrected chi connectivity index (χ1v) is 16.4. The third-order valence-electron chi connectivity index (χ3n) is 10.3. The molecule has 2 aliphatic rings. The highest BCUT2D eigenvalue weighted by Gasteiger charge is 2.36. The van der Waals surface area contributed by atoms with Crippen molar-refractivity contribution in [2.75, 3.05) is 5.32 Å². The van der Waals surface area contributed by atoms with E-state index in [1.165, 1.54) is 86.0 Å². The summed E-state index contributed by atoms with van der Waals surface area (Å²) >= 11 is 0. The lowest BCUT2D eigenvalue weighted by Crippen LogP contribution is -2.15. The average Bonchev–Trinajstić information content (AvgIpc) is 3.27. The molecule has 0 aromatic heterocycles. The molecule has 0 atom stereocenters. The molecule has 2 aliphatic carbocycles. The van der Waals surface area contributed by atoms with Crippen LogP contribution in [0.4, 0.5) is 11.4 Å². The summed E-state index contributed by atoms with van der Waals surface area (Å²) in [6, 6.07) is 49.3. The SMILES string of the molecule is Cc1ccc(-c2ccc3c(c2)C(C)(C)c2cc(Nc4ccc(-c5ccccc5)cc4)ccc2-3)cc1-c1ccccc1C1CCC1. The summed E-state index contributed by atoms with van der Waals surface area (Å²) in [6.45, 7) is 6.99. The molecule has 1 heteroatoms. The number of benzene rings is 6. The number of aryl methyl sites for hydroxylation is 1. The molecule has 0 unspecified atom stereocenters. The minimum Gasteiger partial charge on any atom is -0.356 e. The van der Waals surface area contributed by atoms with Crippen molar-refractivity contribution in [3.05, 3.63) is 156 Å². The summed E-state index contributed by atoms with van der Waals surface area (Å²) in [7, 11) is 0. The number of nitrogens with one attached hydrogen (secondary N) is 1. The van der Waals surface area contributed by atoms with E-state index in [1.54, 1.807) is 0 Å².